The van der Waals surface area contributed by atoms with Crippen LogP contribution in [0, 0.1) is 5.82 Å². The van der Waals surface area contributed by atoms with Crippen molar-refractivity contribution in [1.82, 2.24) is 0 Å². The fourth-order valence-electron chi connectivity index (χ4n) is 2.30. The van der Waals surface area contributed by atoms with Crippen LogP contribution >= 0.6 is 11.6 Å². The minimum atomic E-state index is -0.750. The van der Waals surface area contributed by atoms with E-state index in [0.29, 0.717) is 12.8 Å². The first kappa shape index (κ1) is 14.9. The number of ketones is 1. The molecule has 0 atom stereocenters. The molecule has 0 saturated carbocycles. The van der Waals surface area contributed by atoms with Crippen molar-refractivity contribution in [2.75, 3.05) is 18.1 Å². The molecule has 1 amide bonds. The summed E-state index contributed by atoms with van der Waals surface area (Å²) in [7, 11) is 0. The van der Waals surface area contributed by atoms with E-state index in [-0.39, 0.29) is 29.4 Å². The number of aliphatic hydroxyl groups excluding tert-OH is 1. The maximum atomic E-state index is 13.9. The SMILES string of the molecule is O=C1C(=O)N(CCCCCCO)c2c(F)ccc(Cl)c21. The zero-order valence-electron chi connectivity index (χ0n) is 10.9. The molecule has 6 heteroatoms. The molecule has 1 aromatic carbocycles. The fraction of sp³-hybridized carbons (Fsp3) is 0.429. The molecule has 108 valence electrons. The van der Waals surface area contributed by atoms with Crippen molar-refractivity contribution in [3.8, 4) is 0 Å². The van der Waals surface area contributed by atoms with Gasteiger partial charge in [-0.1, -0.05) is 24.4 Å². The lowest BCUT2D eigenvalue weighted by atomic mass is 10.1. The van der Waals surface area contributed by atoms with Crippen molar-refractivity contribution in [3.05, 3.63) is 28.5 Å². The number of fused-ring (bicyclic) bond motifs is 1. The molecule has 0 spiro atoms. The van der Waals surface area contributed by atoms with E-state index in [4.69, 9.17) is 16.7 Å². The van der Waals surface area contributed by atoms with Gasteiger partial charge < -0.3 is 10.0 Å². The van der Waals surface area contributed by atoms with Crippen LogP contribution in [0.25, 0.3) is 0 Å². The lowest BCUT2D eigenvalue weighted by Gasteiger charge is -2.17. The highest BCUT2D eigenvalue weighted by molar-refractivity contribution is 6.55. The van der Waals surface area contributed by atoms with Crippen LogP contribution in [0.15, 0.2) is 12.1 Å². The average Bonchev–Trinajstić information content (AvgIpc) is 2.68. The first-order valence-corrected chi connectivity index (χ1v) is 6.90. The molecule has 0 radical (unpaired) electrons. The van der Waals surface area contributed by atoms with Crippen molar-refractivity contribution in [1.29, 1.82) is 0 Å². The molecule has 0 bridgehead atoms. The van der Waals surface area contributed by atoms with Crippen LogP contribution in [-0.4, -0.2) is 29.9 Å². The third-order valence-corrected chi connectivity index (χ3v) is 3.62. The monoisotopic (exact) mass is 299 g/mol. The quantitative estimate of drug-likeness (QED) is 0.649. The topological polar surface area (TPSA) is 57.6 Å². The van der Waals surface area contributed by atoms with Crippen molar-refractivity contribution in [2.45, 2.75) is 25.7 Å². The number of halogens is 2. The van der Waals surface area contributed by atoms with Gasteiger partial charge in [-0.2, -0.15) is 0 Å². The molecule has 2 rings (SSSR count). The standard InChI is InChI=1S/C14H15ClFNO3/c15-9-5-6-10(16)12-11(9)13(19)14(20)17(12)7-3-1-2-4-8-18/h5-6,18H,1-4,7-8H2. The van der Waals surface area contributed by atoms with Crippen LogP contribution in [0.4, 0.5) is 10.1 Å². The highest BCUT2D eigenvalue weighted by Crippen LogP contribution is 2.36. The number of Topliss-reactive ketones (excluding diaryl/α,β-unsaturated/α-hetero) is 1. The van der Waals surface area contributed by atoms with Gasteiger partial charge in [0.15, 0.2) is 0 Å². The predicted octanol–water partition coefficient (Wildman–Crippen LogP) is 2.56. The third-order valence-electron chi connectivity index (χ3n) is 3.30. The van der Waals surface area contributed by atoms with Gasteiger partial charge in [0.05, 0.1) is 16.3 Å². The summed E-state index contributed by atoms with van der Waals surface area (Å²) in [5.41, 5.74) is -0.0401. The summed E-state index contributed by atoms with van der Waals surface area (Å²) in [6.45, 7) is 0.411. The molecule has 1 aromatic rings. The van der Waals surface area contributed by atoms with E-state index in [9.17, 15) is 14.0 Å². The Hall–Kier alpha value is -1.46. The summed E-state index contributed by atoms with van der Waals surface area (Å²) in [4.78, 5) is 24.9. The van der Waals surface area contributed by atoms with E-state index < -0.39 is 17.5 Å². The van der Waals surface area contributed by atoms with Crippen molar-refractivity contribution in [3.63, 3.8) is 0 Å². The smallest absolute Gasteiger partial charge is 0.299 e. The van der Waals surface area contributed by atoms with Gasteiger partial charge >= 0.3 is 0 Å². The number of hydrogen-bond acceptors (Lipinski definition) is 3. The van der Waals surface area contributed by atoms with E-state index in [1.807, 2.05) is 0 Å². The lowest BCUT2D eigenvalue weighted by molar-refractivity contribution is -0.114. The molecule has 0 unspecified atom stereocenters. The number of anilines is 1. The van der Waals surface area contributed by atoms with Crippen LogP contribution in [0.5, 0.6) is 0 Å². The molecule has 1 aliphatic rings. The van der Waals surface area contributed by atoms with E-state index in [1.54, 1.807) is 0 Å². The number of rotatable bonds is 6. The van der Waals surface area contributed by atoms with Gasteiger partial charge in [-0.05, 0) is 25.0 Å². The lowest BCUT2D eigenvalue weighted by Crippen LogP contribution is -2.31. The maximum Gasteiger partial charge on any atom is 0.299 e. The molecule has 4 nitrogen and oxygen atoms in total. The number of aliphatic hydroxyl groups is 1. The normalized spacial score (nSPS) is 14.1. The molecule has 0 fully saturated rings. The molecular formula is C14H15ClFNO3. The second kappa shape index (κ2) is 6.33. The molecule has 0 saturated heterocycles. The van der Waals surface area contributed by atoms with Gasteiger partial charge in [-0.15, -0.1) is 0 Å². The molecule has 20 heavy (non-hydrogen) atoms. The number of nitrogens with zero attached hydrogens (tertiary/aromatic N) is 1. The highest BCUT2D eigenvalue weighted by atomic mass is 35.5. The van der Waals surface area contributed by atoms with Crippen molar-refractivity contribution in [2.24, 2.45) is 0 Å². The Morgan fingerprint density at radius 3 is 2.55 bits per heavy atom. The number of benzene rings is 1. The third kappa shape index (κ3) is 2.69. The summed E-state index contributed by atoms with van der Waals surface area (Å²) < 4.78 is 13.9. The summed E-state index contributed by atoms with van der Waals surface area (Å²) >= 11 is 5.88. The Morgan fingerprint density at radius 1 is 1.15 bits per heavy atom. The van der Waals surface area contributed by atoms with E-state index in [0.717, 1.165) is 23.8 Å². The Bertz CT molecular complexity index is 547. The maximum absolute atomic E-state index is 13.9. The number of amides is 1. The van der Waals surface area contributed by atoms with E-state index >= 15 is 0 Å². The molecule has 1 N–H and O–H groups in total. The first-order valence-electron chi connectivity index (χ1n) is 6.53. The molecule has 0 aliphatic carbocycles. The van der Waals surface area contributed by atoms with Gasteiger partial charge in [-0.25, -0.2) is 4.39 Å². The number of carbonyl (C=O) groups excluding carboxylic acids is 2. The molecule has 1 aliphatic heterocycles. The van der Waals surface area contributed by atoms with Crippen LogP contribution in [0.1, 0.15) is 36.0 Å². The Kier molecular flexibility index (Phi) is 4.73. The van der Waals surface area contributed by atoms with Crippen LogP contribution in [-0.2, 0) is 4.79 Å². The number of unbranched alkanes of at least 4 members (excludes halogenated alkanes) is 3. The number of hydrogen-bond donors (Lipinski definition) is 1. The minimum Gasteiger partial charge on any atom is -0.396 e. The van der Waals surface area contributed by atoms with Gasteiger partial charge in [-0.3, -0.25) is 9.59 Å². The zero-order chi connectivity index (χ0) is 14.7. The molecular weight excluding hydrogens is 285 g/mol. The average molecular weight is 300 g/mol. The van der Waals surface area contributed by atoms with Gasteiger partial charge in [0, 0.05) is 13.2 Å². The van der Waals surface area contributed by atoms with Crippen LogP contribution in [0.2, 0.25) is 5.02 Å². The Balaban J connectivity index is 2.14. The van der Waals surface area contributed by atoms with Gasteiger partial charge in [0.1, 0.15) is 5.82 Å². The summed E-state index contributed by atoms with van der Waals surface area (Å²) in [5, 5.41) is 8.78. The highest BCUT2D eigenvalue weighted by Gasteiger charge is 2.39. The van der Waals surface area contributed by atoms with Gasteiger partial charge in [0.2, 0.25) is 0 Å². The van der Waals surface area contributed by atoms with Crippen LogP contribution < -0.4 is 4.90 Å². The summed E-state index contributed by atoms with van der Waals surface area (Å²) in [6.07, 6.45) is 2.97. The predicted molar refractivity (Wildman–Crippen MR) is 73.6 cm³/mol. The second-order valence-corrected chi connectivity index (χ2v) is 5.08. The number of carbonyl (C=O) groups is 2. The fourth-order valence-corrected chi connectivity index (χ4v) is 2.54. The Morgan fingerprint density at radius 2 is 1.85 bits per heavy atom. The van der Waals surface area contributed by atoms with Crippen LogP contribution in [0.3, 0.4) is 0 Å². The molecule has 0 aromatic heterocycles. The first-order chi connectivity index (χ1) is 9.57. The Labute approximate surface area is 121 Å². The largest absolute Gasteiger partial charge is 0.396 e. The summed E-state index contributed by atoms with van der Waals surface area (Å²) in [5.74, 6) is -2.09. The summed E-state index contributed by atoms with van der Waals surface area (Å²) in [6, 6.07) is 2.44. The van der Waals surface area contributed by atoms with Gasteiger partial charge in [0.25, 0.3) is 11.7 Å². The van der Waals surface area contributed by atoms with Crippen molar-refractivity contribution >= 4 is 29.0 Å². The molecule has 1 heterocycles. The van der Waals surface area contributed by atoms with E-state index in [1.165, 1.54) is 6.07 Å². The van der Waals surface area contributed by atoms with E-state index in [2.05, 4.69) is 0 Å². The minimum absolute atomic E-state index is 0.00495. The van der Waals surface area contributed by atoms with Crippen molar-refractivity contribution < 1.29 is 19.1 Å². The zero-order valence-corrected chi connectivity index (χ0v) is 11.6. The second-order valence-electron chi connectivity index (χ2n) is 4.68.